The second kappa shape index (κ2) is 7.57. The fourth-order valence-corrected chi connectivity index (χ4v) is 2.47. The van der Waals surface area contributed by atoms with Crippen molar-refractivity contribution < 1.29 is 9.50 Å². The number of nitrogens with zero attached hydrogens (tertiary/aromatic N) is 2. The van der Waals surface area contributed by atoms with Crippen molar-refractivity contribution in [1.82, 2.24) is 15.1 Å². The summed E-state index contributed by atoms with van der Waals surface area (Å²) >= 11 is 5.88. The highest BCUT2D eigenvalue weighted by molar-refractivity contribution is 6.30. The van der Waals surface area contributed by atoms with E-state index in [2.05, 4.69) is 10.4 Å². The molecular weight excluding hydrogens is 329 g/mol. The van der Waals surface area contributed by atoms with E-state index in [0.717, 1.165) is 11.3 Å². The predicted molar refractivity (Wildman–Crippen MR) is 91.6 cm³/mol. The molecule has 0 saturated carbocycles. The average molecular weight is 346 g/mol. The zero-order valence-electron chi connectivity index (χ0n) is 12.9. The van der Waals surface area contributed by atoms with Crippen molar-refractivity contribution in [2.75, 3.05) is 6.54 Å². The van der Waals surface area contributed by atoms with Gasteiger partial charge in [-0.05, 0) is 42.0 Å². The molecule has 2 aromatic carbocycles. The van der Waals surface area contributed by atoms with Crippen LogP contribution in [-0.2, 0) is 6.54 Å². The Hall–Kier alpha value is -2.21. The summed E-state index contributed by atoms with van der Waals surface area (Å²) in [6.45, 7) is 0.948. The summed E-state index contributed by atoms with van der Waals surface area (Å²) in [6, 6.07) is 13.3. The molecule has 0 radical (unpaired) electrons. The molecule has 0 aliphatic heterocycles. The summed E-state index contributed by atoms with van der Waals surface area (Å²) in [5.74, 6) is -0.312. The van der Waals surface area contributed by atoms with E-state index in [1.165, 1.54) is 12.1 Å². The molecule has 0 aliphatic rings. The number of aromatic nitrogens is 2. The first-order valence-corrected chi connectivity index (χ1v) is 7.93. The first kappa shape index (κ1) is 16.6. The molecule has 6 heteroatoms. The van der Waals surface area contributed by atoms with Crippen LogP contribution in [0.25, 0.3) is 5.69 Å². The van der Waals surface area contributed by atoms with Crippen molar-refractivity contribution in [3.8, 4) is 5.69 Å². The molecule has 1 atom stereocenters. The molecular formula is C18H17ClFN3O. The molecule has 0 amide bonds. The molecule has 1 unspecified atom stereocenters. The van der Waals surface area contributed by atoms with Crippen LogP contribution in [0.5, 0.6) is 0 Å². The zero-order chi connectivity index (χ0) is 16.9. The summed E-state index contributed by atoms with van der Waals surface area (Å²) < 4.78 is 14.6. The SMILES string of the molecule is OC(CNCc1cnn(-c2ccc(Cl)cc2)c1)c1ccc(F)cc1. The van der Waals surface area contributed by atoms with Crippen molar-refractivity contribution in [3.63, 3.8) is 0 Å². The minimum Gasteiger partial charge on any atom is -0.387 e. The van der Waals surface area contributed by atoms with Gasteiger partial charge in [-0.15, -0.1) is 0 Å². The molecule has 0 spiro atoms. The Labute approximate surface area is 144 Å². The van der Waals surface area contributed by atoms with Gasteiger partial charge in [-0.2, -0.15) is 5.10 Å². The molecule has 0 fully saturated rings. The maximum absolute atomic E-state index is 12.9. The lowest BCUT2D eigenvalue weighted by atomic mass is 10.1. The lowest BCUT2D eigenvalue weighted by Gasteiger charge is -2.11. The molecule has 4 nitrogen and oxygen atoms in total. The number of hydrogen-bond acceptors (Lipinski definition) is 3. The van der Waals surface area contributed by atoms with Crippen LogP contribution in [-0.4, -0.2) is 21.4 Å². The van der Waals surface area contributed by atoms with Gasteiger partial charge in [0, 0.05) is 29.9 Å². The van der Waals surface area contributed by atoms with Crippen LogP contribution in [0.3, 0.4) is 0 Å². The topological polar surface area (TPSA) is 50.1 Å². The molecule has 0 saturated heterocycles. The maximum atomic E-state index is 12.9. The average Bonchev–Trinajstić information content (AvgIpc) is 3.05. The van der Waals surface area contributed by atoms with Gasteiger partial charge in [0.1, 0.15) is 5.82 Å². The van der Waals surface area contributed by atoms with Gasteiger partial charge in [-0.1, -0.05) is 23.7 Å². The first-order chi connectivity index (χ1) is 11.6. The van der Waals surface area contributed by atoms with E-state index in [4.69, 9.17) is 11.6 Å². The standard InChI is InChI=1S/C18H17ClFN3O/c19-15-3-7-17(8-4-15)23-12-13(10-22-23)9-21-11-18(24)14-1-5-16(20)6-2-14/h1-8,10,12,18,21,24H,9,11H2. The molecule has 2 N–H and O–H groups in total. The molecule has 0 bridgehead atoms. The second-order valence-corrected chi connectivity index (χ2v) is 5.90. The molecule has 0 aliphatic carbocycles. The fourth-order valence-electron chi connectivity index (χ4n) is 2.34. The third-order valence-corrected chi connectivity index (χ3v) is 3.90. The van der Waals surface area contributed by atoms with Crippen LogP contribution < -0.4 is 5.32 Å². The zero-order valence-corrected chi connectivity index (χ0v) is 13.6. The second-order valence-electron chi connectivity index (χ2n) is 5.47. The number of aliphatic hydroxyl groups excluding tert-OH is 1. The van der Waals surface area contributed by atoms with E-state index in [1.807, 2.05) is 30.5 Å². The lowest BCUT2D eigenvalue weighted by molar-refractivity contribution is 0.174. The molecule has 1 aromatic heterocycles. The van der Waals surface area contributed by atoms with Crippen molar-refractivity contribution >= 4 is 11.6 Å². The van der Waals surface area contributed by atoms with Crippen LogP contribution in [0.4, 0.5) is 4.39 Å². The Bertz CT molecular complexity index is 787. The van der Waals surface area contributed by atoms with Gasteiger partial charge in [0.25, 0.3) is 0 Å². The Morgan fingerprint density at radius 1 is 1.12 bits per heavy atom. The van der Waals surface area contributed by atoms with Crippen LogP contribution in [0, 0.1) is 5.82 Å². The van der Waals surface area contributed by atoms with Gasteiger partial charge in [-0.3, -0.25) is 0 Å². The van der Waals surface area contributed by atoms with Crippen LogP contribution >= 0.6 is 11.6 Å². The third kappa shape index (κ3) is 4.20. The minimum atomic E-state index is -0.683. The minimum absolute atomic E-state index is 0.312. The molecule has 1 heterocycles. The van der Waals surface area contributed by atoms with Gasteiger partial charge in [-0.25, -0.2) is 9.07 Å². The number of halogens is 2. The molecule has 124 valence electrons. The normalized spacial score (nSPS) is 12.3. The Balaban J connectivity index is 1.54. The highest BCUT2D eigenvalue weighted by Gasteiger charge is 2.08. The third-order valence-electron chi connectivity index (χ3n) is 3.65. The smallest absolute Gasteiger partial charge is 0.123 e. The summed E-state index contributed by atoms with van der Waals surface area (Å²) in [5, 5.41) is 18.2. The number of hydrogen-bond donors (Lipinski definition) is 2. The summed E-state index contributed by atoms with van der Waals surface area (Å²) in [5.41, 5.74) is 2.61. The van der Waals surface area contributed by atoms with Crippen molar-refractivity contribution in [2.24, 2.45) is 0 Å². The Morgan fingerprint density at radius 3 is 2.54 bits per heavy atom. The van der Waals surface area contributed by atoms with Crippen molar-refractivity contribution in [3.05, 3.63) is 82.9 Å². The molecule has 3 rings (SSSR count). The highest BCUT2D eigenvalue weighted by atomic mass is 35.5. The van der Waals surface area contributed by atoms with E-state index in [0.29, 0.717) is 23.7 Å². The number of aliphatic hydroxyl groups is 1. The van der Waals surface area contributed by atoms with Crippen LogP contribution in [0.15, 0.2) is 60.9 Å². The molecule has 3 aromatic rings. The largest absolute Gasteiger partial charge is 0.387 e. The summed E-state index contributed by atoms with van der Waals surface area (Å²) in [4.78, 5) is 0. The number of nitrogens with one attached hydrogen (secondary N) is 1. The van der Waals surface area contributed by atoms with Crippen molar-refractivity contribution in [1.29, 1.82) is 0 Å². The Morgan fingerprint density at radius 2 is 1.83 bits per heavy atom. The fraction of sp³-hybridized carbons (Fsp3) is 0.167. The van der Waals surface area contributed by atoms with Crippen molar-refractivity contribution in [2.45, 2.75) is 12.6 Å². The van der Waals surface area contributed by atoms with Crippen LogP contribution in [0.1, 0.15) is 17.2 Å². The van der Waals surface area contributed by atoms with E-state index in [1.54, 1.807) is 23.0 Å². The van der Waals surface area contributed by atoms with E-state index < -0.39 is 6.10 Å². The lowest BCUT2D eigenvalue weighted by Crippen LogP contribution is -2.20. The highest BCUT2D eigenvalue weighted by Crippen LogP contribution is 2.14. The van der Waals surface area contributed by atoms with Gasteiger partial charge < -0.3 is 10.4 Å². The summed E-state index contributed by atoms with van der Waals surface area (Å²) in [7, 11) is 0. The number of rotatable bonds is 6. The number of benzene rings is 2. The summed E-state index contributed by atoms with van der Waals surface area (Å²) in [6.07, 6.45) is 3.00. The van der Waals surface area contributed by atoms with E-state index >= 15 is 0 Å². The van der Waals surface area contributed by atoms with Gasteiger partial charge >= 0.3 is 0 Å². The predicted octanol–water partition coefficient (Wildman–Crippen LogP) is 3.49. The van der Waals surface area contributed by atoms with Crippen LogP contribution in [0.2, 0.25) is 5.02 Å². The van der Waals surface area contributed by atoms with Gasteiger partial charge in [0.05, 0.1) is 18.0 Å². The molecule has 24 heavy (non-hydrogen) atoms. The van der Waals surface area contributed by atoms with Gasteiger partial charge in [0.15, 0.2) is 0 Å². The first-order valence-electron chi connectivity index (χ1n) is 7.55. The Kier molecular flexibility index (Phi) is 5.25. The quantitative estimate of drug-likeness (QED) is 0.719. The maximum Gasteiger partial charge on any atom is 0.123 e. The van der Waals surface area contributed by atoms with Gasteiger partial charge in [0.2, 0.25) is 0 Å². The monoisotopic (exact) mass is 345 g/mol. The van der Waals surface area contributed by atoms with E-state index in [-0.39, 0.29) is 5.82 Å². The van der Waals surface area contributed by atoms with E-state index in [9.17, 15) is 9.50 Å².